The Bertz CT molecular complexity index is 563. The fraction of sp³-hybridized carbons (Fsp3) is 0.462. The van der Waals surface area contributed by atoms with Crippen molar-refractivity contribution in [3.05, 3.63) is 38.3 Å². The molecule has 6 nitrogen and oxygen atoms in total. The maximum Gasteiger partial charge on any atom is 0.323 e. The first-order valence-electron chi connectivity index (χ1n) is 6.26. The first-order chi connectivity index (χ1) is 9.36. The van der Waals surface area contributed by atoms with Crippen molar-refractivity contribution < 1.29 is 14.8 Å². The average Bonchev–Trinajstić information content (AvgIpc) is 2.74. The third kappa shape index (κ3) is 2.55. The van der Waals surface area contributed by atoms with E-state index < -0.39 is 16.4 Å². The summed E-state index contributed by atoms with van der Waals surface area (Å²) in [6, 6.07) is 4.82. The molecule has 20 heavy (non-hydrogen) atoms. The molecule has 1 aromatic carbocycles. The molecule has 1 saturated heterocycles. The highest BCUT2D eigenvalue weighted by Crippen LogP contribution is 2.34. The van der Waals surface area contributed by atoms with E-state index in [1.165, 1.54) is 6.07 Å². The van der Waals surface area contributed by atoms with Gasteiger partial charge in [0.1, 0.15) is 5.54 Å². The van der Waals surface area contributed by atoms with Crippen LogP contribution in [0.4, 0.5) is 5.69 Å². The Morgan fingerprint density at radius 1 is 1.60 bits per heavy atom. The second-order valence-electron chi connectivity index (χ2n) is 5.11. The molecule has 0 bridgehead atoms. The molecule has 1 unspecified atom stereocenters. The Kier molecular flexibility index (Phi) is 4.10. The summed E-state index contributed by atoms with van der Waals surface area (Å²) in [5.41, 5.74) is -0.170. The highest BCUT2D eigenvalue weighted by Gasteiger charge is 2.43. The summed E-state index contributed by atoms with van der Waals surface area (Å²) in [4.78, 5) is 23.7. The summed E-state index contributed by atoms with van der Waals surface area (Å²) in [7, 11) is 0. The zero-order valence-electron chi connectivity index (χ0n) is 11.0. The lowest BCUT2D eigenvalue weighted by atomic mass is 9.99. The van der Waals surface area contributed by atoms with Gasteiger partial charge in [-0.05, 0) is 47.8 Å². The smallest absolute Gasteiger partial charge is 0.323 e. The number of nitro groups is 1. The number of aliphatic carboxylic acids is 1. The van der Waals surface area contributed by atoms with Gasteiger partial charge < -0.3 is 5.11 Å². The number of benzene rings is 1. The lowest BCUT2D eigenvalue weighted by molar-refractivity contribution is -0.385. The van der Waals surface area contributed by atoms with Gasteiger partial charge in [0.25, 0.3) is 5.69 Å². The molecule has 1 heterocycles. The summed E-state index contributed by atoms with van der Waals surface area (Å²) >= 11 is 3.25. The van der Waals surface area contributed by atoms with Crippen LogP contribution in [0.1, 0.15) is 25.3 Å². The molecule has 0 amide bonds. The van der Waals surface area contributed by atoms with Gasteiger partial charge >= 0.3 is 5.97 Å². The van der Waals surface area contributed by atoms with E-state index in [-0.39, 0.29) is 5.69 Å². The van der Waals surface area contributed by atoms with Crippen molar-refractivity contribution in [2.45, 2.75) is 31.8 Å². The SMILES string of the molecule is CC1(C(=O)O)CCCN1Cc1cccc([N+](=O)[O-])c1Br. The van der Waals surface area contributed by atoms with Crippen molar-refractivity contribution in [1.29, 1.82) is 0 Å². The summed E-state index contributed by atoms with van der Waals surface area (Å²) in [6.07, 6.45) is 1.41. The lowest BCUT2D eigenvalue weighted by Gasteiger charge is -2.31. The Labute approximate surface area is 124 Å². The molecule has 1 aliphatic rings. The predicted octanol–water partition coefficient (Wildman–Crippen LogP) is 2.80. The van der Waals surface area contributed by atoms with Crippen LogP contribution in [0.25, 0.3) is 0 Å². The van der Waals surface area contributed by atoms with E-state index in [0.29, 0.717) is 24.0 Å². The van der Waals surface area contributed by atoms with Gasteiger partial charge in [0.15, 0.2) is 0 Å². The fourth-order valence-corrected chi connectivity index (χ4v) is 3.08. The molecule has 0 radical (unpaired) electrons. The number of hydrogen-bond donors (Lipinski definition) is 1. The Balaban J connectivity index is 2.29. The largest absolute Gasteiger partial charge is 0.480 e. The first-order valence-corrected chi connectivity index (χ1v) is 7.06. The van der Waals surface area contributed by atoms with Crippen LogP contribution in [0.15, 0.2) is 22.7 Å². The molecule has 0 aliphatic carbocycles. The molecule has 0 spiro atoms. The fourth-order valence-electron chi connectivity index (χ4n) is 2.55. The number of carbonyl (C=O) groups is 1. The molecule has 1 N–H and O–H groups in total. The van der Waals surface area contributed by atoms with E-state index in [2.05, 4.69) is 15.9 Å². The van der Waals surface area contributed by atoms with Crippen LogP contribution in [0.2, 0.25) is 0 Å². The number of carboxylic acids is 1. The third-order valence-corrected chi connectivity index (χ3v) is 4.78. The van der Waals surface area contributed by atoms with Gasteiger partial charge in [0.05, 0.1) is 9.40 Å². The molecule has 1 fully saturated rings. The zero-order chi connectivity index (χ0) is 14.9. The Hall–Kier alpha value is -1.47. The normalized spacial score (nSPS) is 22.9. The van der Waals surface area contributed by atoms with Crippen LogP contribution in [0.5, 0.6) is 0 Å². The minimum Gasteiger partial charge on any atom is -0.480 e. The van der Waals surface area contributed by atoms with Crippen molar-refractivity contribution in [3.8, 4) is 0 Å². The molecule has 0 aromatic heterocycles. The second kappa shape index (κ2) is 5.49. The summed E-state index contributed by atoms with van der Waals surface area (Å²) < 4.78 is 0.421. The Morgan fingerprint density at radius 3 is 2.90 bits per heavy atom. The number of rotatable bonds is 4. The number of halogens is 1. The summed E-state index contributed by atoms with van der Waals surface area (Å²) in [5.74, 6) is -0.850. The van der Waals surface area contributed by atoms with Crippen molar-refractivity contribution in [2.24, 2.45) is 0 Å². The number of nitro benzene ring substituents is 1. The molecule has 1 atom stereocenters. The van der Waals surface area contributed by atoms with E-state index >= 15 is 0 Å². The molecule has 7 heteroatoms. The van der Waals surface area contributed by atoms with Gasteiger partial charge in [0.2, 0.25) is 0 Å². The van der Waals surface area contributed by atoms with Crippen molar-refractivity contribution in [3.63, 3.8) is 0 Å². The number of likely N-dealkylation sites (tertiary alicyclic amines) is 1. The molecule has 0 saturated carbocycles. The number of hydrogen-bond acceptors (Lipinski definition) is 4. The monoisotopic (exact) mass is 342 g/mol. The minimum absolute atomic E-state index is 0.00118. The van der Waals surface area contributed by atoms with Gasteiger partial charge in [-0.15, -0.1) is 0 Å². The maximum absolute atomic E-state index is 11.4. The van der Waals surface area contributed by atoms with Crippen LogP contribution < -0.4 is 0 Å². The van der Waals surface area contributed by atoms with Crippen LogP contribution in [0, 0.1) is 10.1 Å². The van der Waals surface area contributed by atoms with E-state index in [1.807, 2.05) is 4.90 Å². The standard InChI is InChI=1S/C13H15BrN2O4/c1-13(12(17)18)6-3-7-15(13)8-9-4-2-5-10(11(9)14)16(19)20/h2,4-5H,3,6-8H2,1H3,(H,17,18). The molecular formula is C13H15BrN2O4. The predicted molar refractivity (Wildman–Crippen MR) is 76.5 cm³/mol. The lowest BCUT2D eigenvalue weighted by Crippen LogP contribution is -2.47. The molecule has 2 rings (SSSR count). The van der Waals surface area contributed by atoms with Crippen LogP contribution in [-0.2, 0) is 11.3 Å². The molecule has 1 aliphatic heterocycles. The van der Waals surface area contributed by atoms with E-state index in [4.69, 9.17) is 0 Å². The van der Waals surface area contributed by atoms with Gasteiger partial charge in [-0.2, -0.15) is 0 Å². The van der Waals surface area contributed by atoms with Crippen molar-refractivity contribution in [2.75, 3.05) is 6.54 Å². The Morgan fingerprint density at radius 2 is 2.30 bits per heavy atom. The topological polar surface area (TPSA) is 83.7 Å². The molecular weight excluding hydrogens is 328 g/mol. The van der Waals surface area contributed by atoms with Crippen molar-refractivity contribution >= 4 is 27.6 Å². The van der Waals surface area contributed by atoms with Gasteiger partial charge in [-0.25, -0.2) is 0 Å². The van der Waals surface area contributed by atoms with Crippen LogP contribution in [-0.4, -0.2) is 33.0 Å². The van der Waals surface area contributed by atoms with E-state index in [9.17, 15) is 20.0 Å². The first kappa shape index (κ1) is 14.9. The third-order valence-electron chi connectivity index (χ3n) is 3.87. The number of carboxylic acid groups (broad SMARTS) is 1. The minimum atomic E-state index is -0.899. The van der Waals surface area contributed by atoms with Crippen LogP contribution >= 0.6 is 15.9 Å². The van der Waals surface area contributed by atoms with E-state index in [1.54, 1.807) is 19.1 Å². The zero-order valence-corrected chi connectivity index (χ0v) is 12.6. The summed E-state index contributed by atoms with van der Waals surface area (Å²) in [6.45, 7) is 2.76. The second-order valence-corrected chi connectivity index (χ2v) is 5.90. The molecule has 1 aromatic rings. The van der Waals surface area contributed by atoms with E-state index in [0.717, 1.165) is 12.0 Å². The van der Waals surface area contributed by atoms with Crippen molar-refractivity contribution in [1.82, 2.24) is 4.90 Å². The highest BCUT2D eigenvalue weighted by atomic mass is 79.9. The number of nitrogens with zero attached hydrogens (tertiary/aromatic N) is 2. The molecule has 108 valence electrons. The van der Waals surface area contributed by atoms with Gasteiger partial charge in [-0.1, -0.05) is 12.1 Å². The van der Waals surface area contributed by atoms with Gasteiger partial charge in [-0.3, -0.25) is 19.8 Å². The quantitative estimate of drug-likeness (QED) is 0.671. The van der Waals surface area contributed by atoms with Crippen LogP contribution in [0.3, 0.4) is 0 Å². The average molecular weight is 343 g/mol. The maximum atomic E-state index is 11.4. The van der Waals surface area contributed by atoms with Gasteiger partial charge in [0, 0.05) is 12.6 Å². The highest BCUT2D eigenvalue weighted by molar-refractivity contribution is 9.10. The summed E-state index contributed by atoms with van der Waals surface area (Å²) in [5, 5.41) is 20.3.